The summed E-state index contributed by atoms with van der Waals surface area (Å²) in [7, 11) is 0. The lowest BCUT2D eigenvalue weighted by atomic mass is 9.95. The van der Waals surface area contributed by atoms with Crippen molar-refractivity contribution >= 4 is 5.91 Å². The van der Waals surface area contributed by atoms with Gasteiger partial charge in [-0.1, -0.05) is 30.3 Å². The van der Waals surface area contributed by atoms with E-state index in [4.69, 9.17) is 0 Å². The van der Waals surface area contributed by atoms with Gasteiger partial charge in [0.25, 0.3) is 0 Å². The van der Waals surface area contributed by atoms with Gasteiger partial charge in [0.05, 0.1) is 6.42 Å². The molecule has 1 aliphatic rings. The summed E-state index contributed by atoms with van der Waals surface area (Å²) >= 11 is 0. The number of carbonyl (C=O) groups is 1. The quantitative estimate of drug-likeness (QED) is 0.922. The monoisotopic (exact) mass is 297 g/mol. The molecule has 2 aromatic rings. The first-order chi connectivity index (χ1) is 10.8. The molecule has 2 heterocycles. The predicted octanol–water partition coefficient (Wildman–Crippen LogP) is 2.97. The van der Waals surface area contributed by atoms with Crippen LogP contribution in [0.4, 0.5) is 0 Å². The van der Waals surface area contributed by atoms with Crippen molar-refractivity contribution in [1.29, 1.82) is 0 Å². The van der Waals surface area contributed by atoms with Crippen LogP contribution in [-0.2, 0) is 17.6 Å². The smallest absolute Gasteiger partial charge is 0.228 e. The second kappa shape index (κ2) is 7.25. The number of benzene rings is 1. The molecule has 1 aromatic carbocycles. The zero-order valence-corrected chi connectivity index (χ0v) is 12.9. The Kier molecular flexibility index (Phi) is 4.88. The largest absolute Gasteiger partial charge is 0.339 e. The van der Waals surface area contributed by atoms with Crippen molar-refractivity contribution in [2.45, 2.75) is 44.6 Å². The average Bonchev–Trinajstić information content (AvgIpc) is 3.07. The minimum atomic E-state index is 0.224. The van der Waals surface area contributed by atoms with Gasteiger partial charge in [-0.3, -0.25) is 9.89 Å². The molecule has 1 N–H and O–H groups in total. The van der Waals surface area contributed by atoms with Crippen LogP contribution in [0.1, 0.15) is 36.9 Å². The van der Waals surface area contributed by atoms with Gasteiger partial charge < -0.3 is 4.90 Å². The molecule has 22 heavy (non-hydrogen) atoms. The number of likely N-dealkylation sites (tertiary alicyclic amines) is 1. The van der Waals surface area contributed by atoms with Gasteiger partial charge in [-0.25, -0.2) is 0 Å². The van der Waals surface area contributed by atoms with E-state index in [1.807, 2.05) is 12.1 Å². The van der Waals surface area contributed by atoms with Gasteiger partial charge >= 0.3 is 0 Å². The number of H-pyrrole nitrogens is 1. The van der Waals surface area contributed by atoms with Gasteiger partial charge in [-0.2, -0.15) is 5.10 Å². The van der Waals surface area contributed by atoms with E-state index >= 15 is 0 Å². The Morgan fingerprint density at radius 2 is 2.09 bits per heavy atom. The van der Waals surface area contributed by atoms with Crippen LogP contribution < -0.4 is 0 Å². The van der Waals surface area contributed by atoms with E-state index in [9.17, 15) is 4.79 Å². The number of amides is 1. The first-order valence-electron chi connectivity index (χ1n) is 8.14. The van der Waals surface area contributed by atoms with Crippen LogP contribution in [-0.4, -0.2) is 33.6 Å². The molecule has 1 saturated heterocycles. The Balaban J connectivity index is 1.59. The summed E-state index contributed by atoms with van der Waals surface area (Å²) in [6.45, 7) is 0.895. The van der Waals surface area contributed by atoms with Crippen molar-refractivity contribution in [1.82, 2.24) is 15.1 Å². The number of hydrogen-bond acceptors (Lipinski definition) is 2. The number of aryl methyl sites for hydroxylation is 1. The third kappa shape index (κ3) is 3.75. The molecule has 0 radical (unpaired) electrons. The molecule has 4 heteroatoms. The molecular weight excluding hydrogens is 274 g/mol. The third-order valence-corrected chi connectivity index (χ3v) is 4.46. The van der Waals surface area contributed by atoms with Gasteiger partial charge in [0.15, 0.2) is 0 Å². The molecule has 116 valence electrons. The van der Waals surface area contributed by atoms with Crippen molar-refractivity contribution < 1.29 is 4.79 Å². The number of nitrogens with one attached hydrogen (secondary N) is 1. The summed E-state index contributed by atoms with van der Waals surface area (Å²) in [4.78, 5) is 14.7. The summed E-state index contributed by atoms with van der Waals surface area (Å²) in [6.07, 6.45) is 7.71. The number of carbonyl (C=O) groups excluding carboxylic acids is 1. The summed E-state index contributed by atoms with van der Waals surface area (Å²) in [5.41, 5.74) is 2.26. The molecule has 3 rings (SSSR count). The molecule has 0 spiro atoms. The van der Waals surface area contributed by atoms with E-state index in [1.54, 1.807) is 6.20 Å². The van der Waals surface area contributed by atoms with E-state index in [2.05, 4.69) is 39.4 Å². The van der Waals surface area contributed by atoms with Crippen molar-refractivity contribution in [2.75, 3.05) is 6.54 Å². The van der Waals surface area contributed by atoms with Gasteiger partial charge in [0.1, 0.15) is 0 Å². The third-order valence-electron chi connectivity index (χ3n) is 4.46. The molecule has 1 atom stereocenters. The second-order valence-electron chi connectivity index (χ2n) is 6.02. The second-order valence-corrected chi connectivity index (χ2v) is 6.02. The highest BCUT2D eigenvalue weighted by atomic mass is 16.2. The molecule has 0 aliphatic carbocycles. The molecule has 1 fully saturated rings. The maximum absolute atomic E-state index is 12.6. The van der Waals surface area contributed by atoms with Gasteiger partial charge in [-0.15, -0.1) is 0 Å². The Labute approximate surface area is 131 Å². The standard InChI is InChI=1S/C18H23N3O/c22-18(14-16-11-12-19-20-16)21-13-5-4-8-17(21)10-9-15-6-2-1-3-7-15/h1-3,6-7,11-12,17H,4-5,8-10,13-14H2,(H,19,20)/t17-/m0/s1. The van der Waals surface area contributed by atoms with Crippen LogP contribution >= 0.6 is 0 Å². The normalized spacial score (nSPS) is 18.4. The van der Waals surface area contributed by atoms with Gasteiger partial charge in [0.2, 0.25) is 5.91 Å². The van der Waals surface area contributed by atoms with Crippen LogP contribution in [0.2, 0.25) is 0 Å². The van der Waals surface area contributed by atoms with Crippen LogP contribution in [0.25, 0.3) is 0 Å². The highest BCUT2D eigenvalue weighted by Crippen LogP contribution is 2.22. The van der Waals surface area contributed by atoms with Crippen LogP contribution in [0.3, 0.4) is 0 Å². The summed E-state index contributed by atoms with van der Waals surface area (Å²) in [5, 5.41) is 6.80. The number of hydrogen-bond donors (Lipinski definition) is 1. The number of rotatable bonds is 5. The molecule has 1 aromatic heterocycles. The SMILES string of the molecule is O=C(Cc1ccn[nH]1)N1CCCC[C@H]1CCc1ccccc1. The topological polar surface area (TPSA) is 49.0 Å². The van der Waals surface area contributed by atoms with E-state index in [0.717, 1.165) is 37.9 Å². The zero-order chi connectivity index (χ0) is 15.2. The maximum Gasteiger partial charge on any atom is 0.228 e. The zero-order valence-electron chi connectivity index (χ0n) is 12.9. The lowest BCUT2D eigenvalue weighted by Gasteiger charge is -2.36. The Hall–Kier alpha value is -2.10. The Bertz CT molecular complexity index is 580. The Morgan fingerprint density at radius 1 is 1.23 bits per heavy atom. The molecule has 1 amide bonds. The molecule has 1 aliphatic heterocycles. The lowest BCUT2D eigenvalue weighted by molar-refractivity contribution is -0.134. The summed E-state index contributed by atoms with van der Waals surface area (Å²) in [6, 6.07) is 12.8. The van der Waals surface area contributed by atoms with Crippen molar-refractivity contribution in [3.8, 4) is 0 Å². The minimum Gasteiger partial charge on any atom is -0.339 e. The minimum absolute atomic E-state index is 0.224. The average molecular weight is 297 g/mol. The maximum atomic E-state index is 12.6. The van der Waals surface area contributed by atoms with Gasteiger partial charge in [-0.05, 0) is 43.7 Å². The fourth-order valence-corrected chi connectivity index (χ4v) is 3.25. The van der Waals surface area contributed by atoms with Crippen molar-refractivity contribution in [3.05, 3.63) is 53.9 Å². The van der Waals surface area contributed by atoms with Crippen LogP contribution in [0, 0.1) is 0 Å². The first-order valence-corrected chi connectivity index (χ1v) is 8.14. The van der Waals surface area contributed by atoms with Gasteiger partial charge in [0, 0.05) is 24.5 Å². The van der Waals surface area contributed by atoms with E-state index in [-0.39, 0.29) is 5.91 Å². The fraction of sp³-hybridized carbons (Fsp3) is 0.444. The fourth-order valence-electron chi connectivity index (χ4n) is 3.25. The molecule has 0 bridgehead atoms. The van der Waals surface area contributed by atoms with E-state index < -0.39 is 0 Å². The predicted molar refractivity (Wildman–Crippen MR) is 86.4 cm³/mol. The summed E-state index contributed by atoms with van der Waals surface area (Å²) < 4.78 is 0. The van der Waals surface area contributed by atoms with Crippen LogP contribution in [0.15, 0.2) is 42.6 Å². The van der Waals surface area contributed by atoms with Crippen molar-refractivity contribution in [3.63, 3.8) is 0 Å². The molecule has 4 nitrogen and oxygen atoms in total. The molecule has 0 saturated carbocycles. The molecule has 0 unspecified atom stereocenters. The lowest BCUT2D eigenvalue weighted by Crippen LogP contribution is -2.44. The number of aromatic nitrogens is 2. The number of piperidine rings is 1. The van der Waals surface area contributed by atoms with Crippen molar-refractivity contribution in [2.24, 2.45) is 0 Å². The first kappa shape index (κ1) is 14.8. The highest BCUT2D eigenvalue weighted by Gasteiger charge is 2.26. The number of aromatic amines is 1. The molecular formula is C18H23N3O. The highest BCUT2D eigenvalue weighted by molar-refractivity contribution is 5.78. The van der Waals surface area contributed by atoms with E-state index in [1.165, 1.54) is 12.0 Å². The Morgan fingerprint density at radius 3 is 2.86 bits per heavy atom. The van der Waals surface area contributed by atoms with E-state index in [0.29, 0.717) is 12.5 Å². The van der Waals surface area contributed by atoms with Crippen LogP contribution in [0.5, 0.6) is 0 Å². The summed E-state index contributed by atoms with van der Waals surface area (Å²) in [5.74, 6) is 0.224. The number of nitrogens with zero attached hydrogens (tertiary/aromatic N) is 2.